The van der Waals surface area contributed by atoms with Crippen LogP contribution in [0.5, 0.6) is 0 Å². The van der Waals surface area contributed by atoms with Crippen molar-refractivity contribution < 1.29 is 4.90 Å². The van der Waals surface area contributed by atoms with Gasteiger partial charge in [0.05, 0.1) is 18.9 Å². The molecule has 1 aromatic carbocycles. The lowest BCUT2D eigenvalue weighted by Crippen LogP contribution is -3.06. The van der Waals surface area contributed by atoms with Gasteiger partial charge in [0, 0.05) is 11.8 Å². The number of para-hydroxylation sites is 1. The largest absolute Gasteiger partial charge is 0.315 e. The van der Waals surface area contributed by atoms with Crippen LogP contribution in [0.2, 0.25) is 0 Å². The maximum absolute atomic E-state index is 5.31. The average molecular weight is 332 g/mol. The molecule has 0 saturated carbocycles. The predicted octanol–water partition coefficient (Wildman–Crippen LogP) is 1.84. The molecule has 0 aliphatic rings. The standard InChI is InChI=1S/C15H17N5S2/c1-12-17-20(15(21)22-12)11-18(2)9-13-8-16-19(10-13)14-6-4-3-5-7-14/h3-8,10H,9,11H2,1-2H3/p+1. The fourth-order valence-corrected chi connectivity index (χ4v) is 3.41. The molecule has 0 aliphatic heterocycles. The summed E-state index contributed by atoms with van der Waals surface area (Å²) in [6, 6.07) is 10.1. The molecule has 0 bridgehead atoms. The summed E-state index contributed by atoms with van der Waals surface area (Å²) in [6.07, 6.45) is 3.99. The molecule has 1 unspecified atom stereocenters. The molecule has 0 aliphatic carbocycles. The third-order valence-corrected chi connectivity index (χ3v) is 4.51. The molecule has 5 nitrogen and oxygen atoms in total. The Hall–Kier alpha value is -1.83. The Morgan fingerprint density at radius 1 is 1.27 bits per heavy atom. The van der Waals surface area contributed by atoms with Gasteiger partial charge in [0.2, 0.25) is 0 Å². The minimum Gasteiger partial charge on any atom is -0.315 e. The number of aryl methyl sites for hydroxylation is 1. The van der Waals surface area contributed by atoms with E-state index in [1.54, 1.807) is 11.3 Å². The van der Waals surface area contributed by atoms with Gasteiger partial charge < -0.3 is 4.90 Å². The van der Waals surface area contributed by atoms with E-state index >= 15 is 0 Å². The van der Waals surface area contributed by atoms with Gasteiger partial charge in [-0.15, -0.1) is 0 Å². The third kappa shape index (κ3) is 3.49. The summed E-state index contributed by atoms with van der Waals surface area (Å²) in [5.74, 6) is 0. The second kappa shape index (κ2) is 6.51. The molecule has 1 N–H and O–H groups in total. The van der Waals surface area contributed by atoms with Crippen molar-refractivity contribution in [1.29, 1.82) is 0 Å². The number of hydrogen-bond donors (Lipinski definition) is 1. The summed E-state index contributed by atoms with van der Waals surface area (Å²) >= 11 is 6.87. The first-order valence-corrected chi connectivity index (χ1v) is 8.29. The first-order valence-electron chi connectivity index (χ1n) is 7.06. The molecule has 7 heteroatoms. The van der Waals surface area contributed by atoms with Crippen molar-refractivity contribution in [2.45, 2.75) is 20.1 Å². The zero-order chi connectivity index (χ0) is 15.5. The lowest BCUT2D eigenvalue weighted by atomic mass is 10.3. The predicted molar refractivity (Wildman–Crippen MR) is 89.8 cm³/mol. The highest BCUT2D eigenvalue weighted by Gasteiger charge is 2.09. The highest BCUT2D eigenvalue weighted by molar-refractivity contribution is 7.73. The zero-order valence-corrected chi connectivity index (χ0v) is 14.2. The summed E-state index contributed by atoms with van der Waals surface area (Å²) in [4.78, 5) is 1.31. The van der Waals surface area contributed by atoms with Crippen LogP contribution in [0.1, 0.15) is 10.6 Å². The van der Waals surface area contributed by atoms with E-state index in [2.05, 4.69) is 23.4 Å². The average Bonchev–Trinajstić information content (AvgIpc) is 3.07. The number of rotatable bonds is 5. The van der Waals surface area contributed by atoms with Gasteiger partial charge in [0.15, 0.2) is 10.6 Å². The zero-order valence-electron chi connectivity index (χ0n) is 12.6. The molecule has 114 valence electrons. The Labute approximate surface area is 138 Å². The van der Waals surface area contributed by atoms with Crippen molar-refractivity contribution in [2.75, 3.05) is 7.05 Å². The second-order valence-electron chi connectivity index (χ2n) is 5.31. The van der Waals surface area contributed by atoms with Gasteiger partial charge in [0.25, 0.3) is 0 Å². The van der Waals surface area contributed by atoms with Crippen LogP contribution < -0.4 is 4.90 Å². The third-order valence-electron chi connectivity index (χ3n) is 3.29. The molecule has 3 aromatic rings. The van der Waals surface area contributed by atoms with Crippen molar-refractivity contribution in [3.8, 4) is 5.69 Å². The topological polar surface area (TPSA) is 40.1 Å². The highest BCUT2D eigenvalue weighted by Crippen LogP contribution is 2.07. The van der Waals surface area contributed by atoms with Crippen molar-refractivity contribution in [3.63, 3.8) is 0 Å². The van der Waals surface area contributed by atoms with Crippen LogP contribution in [-0.2, 0) is 13.2 Å². The number of hydrogen-bond acceptors (Lipinski definition) is 4. The fourth-order valence-electron chi connectivity index (χ4n) is 2.34. The van der Waals surface area contributed by atoms with Crippen molar-refractivity contribution in [1.82, 2.24) is 19.6 Å². The van der Waals surface area contributed by atoms with Crippen LogP contribution in [0.3, 0.4) is 0 Å². The lowest BCUT2D eigenvalue weighted by molar-refractivity contribution is -0.917. The Bertz CT molecular complexity index is 803. The Kier molecular flexibility index (Phi) is 4.47. The molecule has 0 fully saturated rings. The molecule has 2 aromatic heterocycles. The maximum atomic E-state index is 5.31. The first kappa shape index (κ1) is 15.1. The van der Waals surface area contributed by atoms with E-state index in [-0.39, 0.29) is 0 Å². The van der Waals surface area contributed by atoms with E-state index in [9.17, 15) is 0 Å². The van der Waals surface area contributed by atoms with Gasteiger partial charge in [-0.25, -0.2) is 4.68 Å². The van der Waals surface area contributed by atoms with Crippen LogP contribution >= 0.6 is 23.6 Å². The lowest BCUT2D eigenvalue weighted by Gasteiger charge is -2.12. The summed E-state index contributed by atoms with van der Waals surface area (Å²) in [5.41, 5.74) is 2.27. The molecule has 0 saturated heterocycles. The van der Waals surface area contributed by atoms with E-state index in [0.29, 0.717) is 0 Å². The second-order valence-corrected chi connectivity index (χ2v) is 7.13. The molecule has 0 radical (unpaired) electrons. The van der Waals surface area contributed by atoms with Crippen LogP contribution in [0.4, 0.5) is 0 Å². The molecular weight excluding hydrogens is 314 g/mol. The van der Waals surface area contributed by atoms with E-state index < -0.39 is 0 Å². The van der Waals surface area contributed by atoms with E-state index in [1.807, 2.05) is 52.8 Å². The summed E-state index contributed by atoms with van der Waals surface area (Å²) in [5, 5.41) is 9.87. The monoisotopic (exact) mass is 332 g/mol. The van der Waals surface area contributed by atoms with Gasteiger partial charge in [-0.3, -0.25) is 0 Å². The molecule has 0 spiro atoms. The normalized spacial score (nSPS) is 12.5. The van der Waals surface area contributed by atoms with Crippen molar-refractivity contribution in [3.05, 3.63) is 57.3 Å². The summed E-state index contributed by atoms with van der Waals surface area (Å²) < 4.78 is 4.63. The Morgan fingerprint density at radius 3 is 2.73 bits per heavy atom. The van der Waals surface area contributed by atoms with Crippen LogP contribution in [-0.4, -0.2) is 26.6 Å². The van der Waals surface area contributed by atoms with Gasteiger partial charge in [0.1, 0.15) is 11.6 Å². The number of nitrogens with one attached hydrogen (secondary N) is 1. The fraction of sp³-hybridized carbons (Fsp3) is 0.267. The summed E-state index contributed by atoms with van der Waals surface area (Å²) in [6.45, 7) is 3.63. The minimum absolute atomic E-state index is 0.764. The molecule has 0 amide bonds. The Morgan fingerprint density at radius 2 is 2.05 bits per heavy atom. The van der Waals surface area contributed by atoms with Gasteiger partial charge in [-0.05, 0) is 31.3 Å². The molecular formula is C15H18N5S2+. The SMILES string of the molecule is Cc1nn(C[NH+](C)Cc2cnn(-c3ccccc3)c2)c(=S)s1. The summed E-state index contributed by atoms with van der Waals surface area (Å²) in [7, 11) is 2.14. The quantitative estimate of drug-likeness (QED) is 0.725. The van der Waals surface area contributed by atoms with Crippen LogP contribution in [0.15, 0.2) is 42.7 Å². The Balaban J connectivity index is 1.67. The van der Waals surface area contributed by atoms with Crippen LogP contribution in [0, 0.1) is 10.9 Å². The number of aromatic nitrogens is 4. The van der Waals surface area contributed by atoms with Crippen LogP contribution in [0.25, 0.3) is 5.69 Å². The smallest absolute Gasteiger partial charge is 0.184 e. The maximum Gasteiger partial charge on any atom is 0.184 e. The molecule has 2 heterocycles. The van der Waals surface area contributed by atoms with E-state index in [4.69, 9.17) is 12.2 Å². The van der Waals surface area contributed by atoms with Crippen molar-refractivity contribution >= 4 is 23.6 Å². The van der Waals surface area contributed by atoms with Gasteiger partial charge in [-0.2, -0.15) is 14.9 Å². The molecule has 1 atom stereocenters. The van der Waals surface area contributed by atoms with Gasteiger partial charge in [-0.1, -0.05) is 29.5 Å². The van der Waals surface area contributed by atoms with E-state index in [1.165, 1.54) is 10.5 Å². The minimum atomic E-state index is 0.764. The molecule has 3 rings (SSSR count). The van der Waals surface area contributed by atoms with Gasteiger partial charge >= 0.3 is 0 Å². The van der Waals surface area contributed by atoms with Crippen molar-refractivity contribution in [2.24, 2.45) is 0 Å². The first-order chi connectivity index (χ1) is 10.6. The highest BCUT2D eigenvalue weighted by atomic mass is 32.1. The number of nitrogens with zero attached hydrogens (tertiary/aromatic N) is 4. The number of benzene rings is 1. The number of quaternary nitrogens is 1. The molecule has 22 heavy (non-hydrogen) atoms. The van der Waals surface area contributed by atoms with E-state index in [0.717, 1.165) is 27.9 Å².